The molecular weight excluding hydrogens is 259 g/mol. The highest BCUT2D eigenvalue weighted by atomic mass is 19.1. The Morgan fingerprint density at radius 2 is 2.20 bits per heavy atom. The largest absolute Gasteiger partial charge is 0.351 e. The van der Waals surface area contributed by atoms with Crippen molar-refractivity contribution < 1.29 is 4.39 Å². The van der Waals surface area contributed by atoms with E-state index in [1.54, 1.807) is 6.07 Å². The van der Waals surface area contributed by atoms with Crippen molar-refractivity contribution in [1.29, 1.82) is 0 Å². The molecule has 1 unspecified atom stereocenters. The molecule has 1 saturated heterocycles. The zero-order valence-electron chi connectivity index (χ0n) is 11.8. The number of rotatable bonds is 3. The topological polar surface area (TPSA) is 48.7 Å². The van der Waals surface area contributed by atoms with E-state index >= 15 is 0 Å². The third-order valence-corrected chi connectivity index (χ3v) is 3.77. The van der Waals surface area contributed by atoms with E-state index < -0.39 is 0 Å². The summed E-state index contributed by atoms with van der Waals surface area (Å²) < 4.78 is 14.5. The van der Waals surface area contributed by atoms with Gasteiger partial charge in [-0.15, -0.1) is 5.10 Å². The van der Waals surface area contributed by atoms with E-state index in [9.17, 15) is 4.39 Å². The fourth-order valence-electron chi connectivity index (χ4n) is 2.46. The number of halogens is 1. The molecule has 1 N–H and O–H groups in total. The predicted octanol–water partition coefficient (Wildman–Crippen LogP) is 0.526. The van der Waals surface area contributed by atoms with Crippen LogP contribution < -0.4 is 5.32 Å². The van der Waals surface area contributed by atoms with E-state index in [0.29, 0.717) is 17.6 Å². The number of aromatic nitrogens is 3. The predicted molar refractivity (Wildman–Crippen MR) is 75.3 cm³/mol. The van der Waals surface area contributed by atoms with Gasteiger partial charge in [-0.05, 0) is 26.2 Å². The summed E-state index contributed by atoms with van der Waals surface area (Å²) in [6, 6.07) is 3.43. The Kier molecular flexibility index (Phi) is 3.54. The molecular formula is C13H19FN6. The third-order valence-electron chi connectivity index (χ3n) is 3.77. The molecule has 1 atom stereocenters. The Morgan fingerprint density at radius 3 is 3.05 bits per heavy atom. The van der Waals surface area contributed by atoms with Gasteiger partial charge in [-0.3, -0.25) is 4.90 Å². The molecule has 20 heavy (non-hydrogen) atoms. The van der Waals surface area contributed by atoms with Crippen molar-refractivity contribution in [1.82, 2.24) is 24.4 Å². The first-order valence-electron chi connectivity index (χ1n) is 6.76. The summed E-state index contributed by atoms with van der Waals surface area (Å²) in [5, 5.41) is 7.46. The molecule has 3 rings (SSSR count). The zero-order valence-corrected chi connectivity index (χ0v) is 11.8. The second-order valence-electron chi connectivity index (χ2n) is 5.36. The van der Waals surface area contributed by atoms with Crippen LogP contribution in [0.25, 0.3) is 5.65 Å². The molecule has 0 saturated carbocycles. The number of hydrogen-bond donors (Lipinski definition) is 1. The van der Waals surface area contributed by atoms with Crippen LogP contribution >= 0.6 is 0 Å². The average molecular weight is 278 g/mol. The van der Waals surface area contributed by atoms with Gasteiger partial charge in [-0.2, -0.15) is 4.98 Å². The quantitative estimate of drug-likeness (QED) is 0.887. The molecule has 6 nitrogen and oxygen atoms in total. The van der Waals surface area contributed by atoms with Crippen molar-refractivity contribution in [3.05, 3.63) is 24.1 Å². The lowest BCUT2D eigenvalue weighted by Gasteiger charge is -2.37. The lowest BCUT2D eigenvalue weighted by molar-refractivity contribution is 0.121. The van der Waals surface area contributed by atoms with Crippen LogP contribution in [0.2, 0.25) is 0 Å². The number of hydrogen-bond acceptors (Lipinski definition) is 5. The second kappa shape index (κ2) is 5.34. The fraction of sp³-hybridized carbons (Fsp3) is 0.538. The monoisotopic (exact) mass is 278 g/mol. The summed E-state index contributed by atoms with van der Waals surface area (Å²) in [5.74, 6) is 0.222. The number of fused-ring (bicyclic) bond motifs is 1. The van der Waals surface area contributed by atoms with Gasteiger partial charge in [-0.1, -0.05) is 0 Å². The maximum atomic E-state index is 13.1. The van der Waals surface area contributed by atoms with Gasteiger partial charge in [-0.25, -0.2) is 8.91 Å². The van der Waals surface area contributed by atoms with Crippen molar-refractivity contribution in [2.24, 2.45) is 0 Å². The van der Waals surface area contributed by atoms with E-state index in [0.717, 1.165) is 26.2 Å². The highest BCUT2D eigenvalue weighted by molar-refractivity contribution is 5.43. The minimum absolute atomic E-state index is 0.317. The molecule has 0 amide bonds. The van der Waals surface area contributed by atoms with Crippen LogP contribution in [-0.2, 0) is 0 Å². The highest BCUT2D eigenvalue weighted by Gasteiger charge is 2.22. The van der Waals surface area contributed by atoms with Gasteiger partial charge in [0.15, 0.2) is 5.65 Å². The summed E-state index contributed by atoms with van der Waals surface area (Å²) in [6.45, 7) is 3.96. The van der Waals surface area contributed by atoms with Crippen LogP contribution in [0.4, 0.5) is 10.3 Å². The van der Waals surface area contributed by atoms with Gasteiger partial charge in [0.05, 0.1) is 6.20 Å². The molecule has 108 valence electrons. The summed E-state index contributed by atoms with van der Waals surface area (Å²) in [7, 11) is 4.26. The van der Waals surface area contributed by atoms with Crippen molar-refractivity contribution in [2.45, 2.75) is 6.04 Å². The van der Waals surface area contributed by atoms with Crippen molar-refractivity contribution >= 4 is 11.6 Å². The number of piperazine rings is 1. The van der Waals surface area contributed by atoms with Crippen LogP contribution in [0.1, 0.15) is 0 Å². The molecule has 0 radical (unpaired) electrons. The SMILES string of the molecule is CN1CCN(C)C(CNc2nc3ccc(F)cn3n2)C1. The van der Waals surface area contributed by atoms with E-state index in [2.05, 4.69) is 39.3 Å². The molecule has 0 bridgehead atoms. The highest BCUT2D eigenvalue weighted by Crippen LogP contribution is 2.09. The number of anilines is 1. The van der Waals surface area contributed by atoms with Gasteiger partial charge < -0.3 is 10.2 Å². The maximum Gasteiger partial charge on any atom is 0.243 e. The molecule has 2 aromatic rings. The number of likely N-dealkylation sites (N-methyl/N-ethyl adjacent to an activating group) is 2. The number of nitrogens with zero attached hydrogens (tertiary/aromatic N) is 5. The number of pyridine rings is 1. The maximum absolute atomic E-state index is 13.1. The standard InChI is InChI=1S/C13H19FN6/c1-18-5-6-19(2)11(9-18)7-15-13-16-12-4-3-10(14)8-20(12)17-13/h3-4,8,11H,5-7,9H2,1-2H3,(H,15,17). The van der Waals surface area contributed by atoms with Crippen molar-refractivity contribution in [2.75, 3.05) is 45.6 Å². The van der Waals surface area contributed by atoms with Gasteiger partial charge in [0.25, 0.3) is 0 Å². The molecule has 7 heteroatoms. The van der Waals surface area contributed by atoms with Crippen LogP contribution in [-0.4, -0.2) is 70.7 Å². The van der Waals surface area contributed by atoms with Gasteiger partial charge >= 0.3 is 0 Å². The molecule has 0 aromatic carbocycles. The average Bonchev–Trinajstić information content (AvgIpc) is 2.81. The molecule has 3 heterocycles. The van der Waals surface area contributed by atoms with E-state index in [4.69, 9.17) is 0 Å². The zero-order chi connectivity index (χ0) is 14.1. The lowest BCUT2D eigenvalue weighted by Crippen LogP contribution is -2.52. The molecule has 0 aliphatic carbocycles. The van der Waals surface area contributed by atoms with Gasteiger partial charge in [0, 0.05) is 32.2 Å². The first-order chi connectivity index (χ1) is 9.61. The third kappa shape index (κ3) is 2.73. The fourth-order valence-corrected chi connectivity index (χ4v) is 2.46. The molecule has 1 aliphatic rings. The molecule has 1 fully saturated rings. The second-order valence-corrected chi connectivity index (χ2v) is 5.36. The minimum Gasteiger partial charge on any atom is -0.351 e. The summed E-state index contributed by atoms with van der Waals surface area (Å²) in [5.41, 5.74) is 0.642. The summed E-state index contributed by atoms with van der Waals surface area (Å²) >= 11 is 0. The molecule has 2 aromatic heterocycles. The van der Waals surface area contributed by atoms with Crippen LogP contribution in [0.3, 0.4) is 0 Å². The van der Waals surface area contributed by atoms with Crippen LogP contribution in [0, 0.1) is 5.82 Å². The Morgan fingerprint density at radius 1 is 1.35 bits per heavy atom. The van der Waals surface area contributed by atoms with Gasteiger partial charge in [0.1, 0.15) is 5.82 Å². The van der Waals surface area contributed by atoms with E-state index in [-0.39, 0.29) is 5.82 Å². The Balaban J connectivity index is 1.67. The molecule has 1 aliphatic heterocycles. The Bertz CT molecular complexity index is 598. The lowest BCUT2D eigenvalue weighted by atomic mass is 10.2. The van der Waals surface area contributed by atoms with Crippen molar-refractivity contribution in [3.8, 4) is 0 Å². The van der Waals surface area contributed by atoms with Gasteiger partial charge in [0.2, 0.25) is 5.95 Å². The van der Waals surface area contributed by atoms with E-state index in [1.807, 2.05) is 0 Å². The Labute approximate surface area is 117 Å². The summed E-state index contributed by atoms with van der Waals surface area (Å²) in [6.07, 6.45) is 1.33. The summed E-state index contributed by atoms with van der Waals surface area (Å²) in [4.78, 5) is 8.98. The van der Waals surface area contributed by atoms with Crippen molar-refractivity contribution in [3.63, 3.8) is 0 Å². The molecule has 0 spiro atoms. The van der Waals surface area contributed by atoms with E-state index in [1.165, 1.54) is 16.8 Å². The first kappa shape index (κ1) is 13.3. The van der Waals surface area contributed by atoms with Crippen LogP contribution in [0.15, 0.2) is 18.3 Å². The first-order valence-corrected chi connectivity index (χ1v) is 6.76. The smallest absolute Gasteiger partial charge is 0.243 e. The normalized spacial score (nSPS) is 21.4. The Hall–Kier alpha value is -1.73. The van der Waals surface area contributed by atoms with Crippen LogP contribution in [0.5, 0.6) is 0 Å². The minimum atomic E-state index is -0.317. The number of nitrogens with one attached hydrogen (secondary N) is 1.